The van der Waals surface area contributed by atoms with Gasteiger partial charge in [-0.3, -0.25) is 9.97 Å². The maximum atomic E-state index is 4.61. The minimum Gasteiger partial charge on any atom is -0.261 e. The SMILES string of the molecule is CCCc1nc(-c2cnccn2)sc1CS. The second-order valence-electron chi connectivity index (χ2n) is 3.39. The Balaban J connectivity index is 2.36. The van der Waals surface area contributed by atoms with Gasteiger partial charge in [0.1, 0.15) is 10.7 Å². The molecular formula is C11H13N3S2. The molecular weight excluding hydrogens is 238 g/mol. The number of aryl methyl sites for hydroxylation is 1. The van der Waals surface area contributed by atoms with Gasteiger partial charge in [0.25, 0.3) is 0 Å². The molecule has 0 saturated carbocycles. The lowest BCUT2D eigenvalue weighted by molar-refractivity contribution is 0.884. The van der Waals surface area contributed by atoms with Crippen molar-refractivity contribution in [1.29, 1.82) is 0 Å². The molecule has 84 valence electrons. The first kappa shape index (κ1) is 11.5. The van der Waals surface area contributed by atoms with Crippen LogP contribution in [0.5, 0.6) is 0 Å². The molecule has 0 aliphatic carbocycles. The smallest absolute Gasteiger partial charge is 0.144 e. The highest BCUT2D eigenvalue weighted by molar-refractivity contribution is 7.79. The molecule has 2 aromatic rings. The van der Waals surface area contributed by atoms with E-state index in [4.69, 9.17) is 0 Å². The highest BCUT2D eigenvalue weighted by Gasteiger charge is 2.11. The van der Waals surface area contributed by atoms with Gasteiger partial charge in [-0.25, -0.2) is 4.98 Å². The molecule has 0 N–H and O–H groups in total. The van der Waals surface area contributed by atoms with Crippen molar-refractivity contribution in [2.75, 3.05) is 0 Å². The Morgan fingerprint density at radius 3 is 2.88 bits per heavy atom. The second kappa shape index (κ2) is 5.41. The minimum atomic E-state index is 0.743. The zero-order valence-corrected chi connectivity index (χ0v) is 10.8. The summed E-state index contributed by atoms with van der Waals surface area (Å²) in [7, 11) is 0. The molecule has 2 heterocycles. The first-order chi connectivity index (χ1) is 7.85. The third kappa shape index (κ3) is 2.41. The van der Waals surface area contributed by atoms with E-state index in [0.717, 1.165) is 35.0 Å². The molecule has 0 aliphatic heterocycles. The van der Waals surface area contributed by atoms with Gasteiger partial charge in [0.15, 0.2) is 0 Å². The molecule has 0 bridgehead atoms. The summed E-state index contributed by atoms with van der Waals surface area (Å²) in [5, 5.41) is 0.945. The molecule has 5 heteroatoms. The fourth-order valence-electron chi connectivity index (χ4n) is 1.46. The summed E-state index contributed by atoms with van der Waals surface area (Å²) in [6.45, 7) is 2.16. The van der Waals surface area contributed by atoms with Gasteiger partial charge >= 0.3 is 0 Å². The molecule has 3 nitrogen and oxygen atoms in total. The van der Waals surface area contributed by atoms with Gasteiger partial charge in [0.05, 0.1) is 11.9 Å². The van der Waals surface area contributed by atoms with E-state index >= 15 is 0 Å². The standard InChI is InChI=1S/C11H13N3S2/c1-2-3-8-10(7-15)16-11(14-8)9-6-12-4-5-13-9/h4-6,15H,2-3,7H2,1H3. The van der Waals surface area contributed by atoms with Crippen LogP contribution in [0.4, 0.5) is 0 Å². The molecule has 0 radical (unpaired) electrons. The summed E-state index contributed by atoms with van der Waals surface area (Å²) in [6.07, 6.45) is 7.22. The summed E-state index contributed by atoms with van der Waals surface area (Å²) < 4.78 is 0. The number of thiazole rings is 1. The van der Waals surface area contributed by atoms with Crippen LogP contribution in [0.15, 0.2) is 18.6 Å². The molecule has 2 aromatic heterocycles. The van der Waals surface area contributed by atoms with E-state index in [1.165, 1.54) is 4.88 Å². The fraction of sp³-hybridized carbons (Fsp3) is 0.364. The van der Waals surface area contributed by atoms with Crippen molar-refractivity contribution >= 4 is 24.0 Å². The summed E-state index contributed by atoms with van der Waals surface area (Å²) in [4.78, 5) is 14.2. The van der Waals surface area contributed by atoms with Crippen LogP contribution < -0.4 is 0 Å². The van der Waals surface area contributed by atoms with Crippen LogP contribution in [0.2, 0.25) is 0 Å². The number of rotatable bonds is 4. The van der Waals surface area contributed by atoms with E-state index in [2.05, 4.69) is 34.5 Å². The summed E-state index contributed by atoms with van der Waals surface area (Å²) >= 11 is 6.00. The van der Waals surface area contributed by atoms with Crippen molar-refractivity contribution in [3.63, 3.8) is 0 Å². The number of thiol groups is 1. The Hall–Kier alpha value is -0.940. The Bertz CT molecular complexity index is 454. The molecule has 0 aliphatic rings. The van der Waals surface area contributed by atoms with Gasteiger partial charge in [-0.2, -0.15) is 12.6 Å². The summed E-state index contributed by atoms with van der Waals surface area (Å²) in [6, 6.07) is 0. The Labute approximate surface area is 104 Å². The van der Waals surface area contributed by atoms with Crippen molar-refractivity contribution < 1.29 is 0 Å². The lowest BCUT2D eigenvalue weighted by Gasteiger charge is -1.94. The normalized spacial score (nSPS) is 10.6. The molecule has 0 amide bonds. The Kier molecular flexibility index (Phi) is 3.90. The number of hydrogen-bond donors (Lipinski definition) is 1. The van der Waals surface area contributed by atoms with E-state index < -0.39 is 0 Å². The van der Waals surface area contributed by atoms with E-state index in [1.807, 2.05) is 0 Å². The zero-order chi connectivity index (χ0) is 11.4. The molecule has 16 heavy (non-hydrogen) atoms. The van der Waals surface area contributed by atoms with Crippen molar-refractivity contribution in [2.24, 2.45) is 0 Å². The highest BCUT2D eigenvalue weighted by Crippen LogP contribution is 2.28. The van der Waals surface area contributed by atoms with Gasteiger partial charge in [0, 0.05) is 23.0 Å². The predicted octanol–water partition coefficient (Wildman–Crippen LogP) is 2.98. The van der Waals surface area contributed by atoms with Crippen LogP contribution in [0.1, 0.15) is 23.9 Å². The molecule has 2 rings (SSSR count). The third-order valence-electron chi connectivity index (χ3n) is 2.19. The average Bonchev–Trinajstić information content (AvgIpc) is 2.74. The van der Waals surface area contributed by atoms with Gasteiger partial charge < -0.3 is 0 Å². The first-order valence-electron chi connectivity index (χ1n) is 5.21. The highest BCUT2D eigenvalue weighted by atomic mass is 32.1. The fourth-order valence-corrected chi connectivity index (χ4v) is 2.76. The van der Waals surface area contributed by atoms with E-state index in [9.17, 15) is 0 Å². The maximum absolute atomic E-state index is 4.61. The van der Waals surface area contributed by atoms with Crippen LogP contribution in [-0.4, -0.2) is 15.0 Å². The second-order valence-corrected chi connectivity index (χ2v) is 4.79. The largest absolute Gasteiger partial charge is 0.261 e. The Morgan fingerprint density at radius 2 is 2.25 bits per heavy atom. The molecule has 0 fully saturated rings. The summed E-state index contributed by atoms with van der Waals surface area (Å²) in [5.41, 5.74) is 2.00. The number of nitrogens with zero attached hydrogens (tertiary/aromatic N) is 3. The van der Waals surface area contributed by atoms with Gasteiger partial charge in [-0.05, 0) is 6.42 Å². The Morgan fingerprint density at radius 1 is 1.38 bits per heavy atom. The zero-order valence-electron chi connectivity index (χ0n) is 9.05. The quantitative estimate of drug-likeness (QED) is 0.849. The molecule has 0 aromatic carbocycles. The summed E-state index contributed by atoms with van der Waals surface area (Å²) in [5.74, 6) is 0.743. The first-order valence-corrected chi connectivity index (χ1v) is 6.66. The lowest BCUT2D eigenvalue weighted by atomic mass is 10.2. The predicted molar refractivity (Wildman–Crippen MR) is 69.8 cm³/mol. The van der Waals surface area contributed by atoms with E-state index in [-0.39, 0.29) is 0 Å². The van der Waals surface area contributed by atoms with Crippen LogP contribution in [-0.2, 0) is 12.2 Å². The van der Waals surface area contributed by atoms with Crippen molar-refractivity contribution in [1.82, 2.24) is 15.0 Å². The van der Waals surface area contributed by atoms with Gasteiger partial charge in [0.2, 0.25) is 0 Å². The van der Waals surface area contributed by atoms with E-state index in [1.54, 1.807) is 29.9 Å². The van der Waals surface area contributed by atoms with Gasteiger partial charge in [-0.1, -0.05) is 13.3 Å². The molecule has 0 unspecified atom stereocenters. The van der Waals surface area contributed by atoms with Crippen molar-refractivity contribution in [2.45, 2.75) is 25.5 Å². The lowest BCUT2D eigenvalue weighted by Crippen LogP contribution is -1.88. The topological polar surface area (TPSA) is 38.7 Å². The third-order valence-corrected chi connectivity index (χ3v) is 3.84. The maximum Gasteiger partial charge on any atom is 0.144 e. The minimum absolute atomic E-state index is 0.743. The van der Waals surface area contributed by atoms with Crippen LogP contribution in [0.25, 0.3) is 10.7 Å². The van der Waals surface area contributed by atoms with Crippen LogP contribution in [0.3, 0.4) is 0 Å². The molecule has 0 atom stereocenters. The molecule has 0 spiro atoms. The monoisotopic (exact) mass is 251 g/mol. The van der Waals surface area contributed by atoms with Crippen molar-refractivity contribution in [3.05, 3.63) is 29.2 Å². The van der Waals surface area contributed by atoms with Crippen LogP contribution >= 0.6 is 24.0 Å². The molecule has 0 saturated heterocycles. The number of aromatic nitrogens is 3. The number of hydrogen-bond acceptors (Lipinski definition) is 5. The average molecular weight is 251 g/mol. The van der Waals surface area contributed by atoms with Gasteiger partial charge in [-0.15, -0.1) is 11.3 Å². The van der Waals surface area contributed by atoms with E-state index in [0.29, 0.717) is 0 Å². The van der Waals surface area contributed by atoms with Crippen molar-refractivity contribution in [3.8, 4) is 10.7 Å². The van der Waals surface area contributed by atoms with Crippen LogP contribution in [0, 0.1) is 0 Å².